The van der Waals surface area contributed by atoms with Gasteiger partial charge in [0.2, 0.25) is 0 Å². The van der Waals surface area contributed by atoms with E-state index in [0.29, 0.717) is 17.7 Å². The number of amides is 1. The average Bonchev–Trinajstić information content (AvgIpc) is 2.34. The topological polar surface area (TPSA) is 46.6 Å². The number of alkyl halides is 3. The Labute approximate surface area is 109 Å². The zero-order chi connectivity index (χ0) is 14.6. The van der Waals surface area contributed by atoms with Gasteiger partial charge in [-0.2, -0.15) is 13.2 Å². The Morgan fingerprint density at radius 2 is 2.00 bits per heavy atom. The monoisotopic (exact) mass is 281 g/mol. The van der Waals surface area contributed by atoms with Crippen LogP contribution < -0.4 is 0 Å². The van der Waals surface area contributed by atoms with Crippen molar-refractivity contribution in [1.82, 2.24) is 4.90 Å². The lowest BCUT2D eigenvalue weighted by Gasteiger charge is -2.32. The van der Waals surface area contributed by atoms with Crippen LogP contribution in [0.3, 0.4) is 0 Å². The second-order valence-electron chi connectivity index (χ2n) is 5.11. The predicted molar refractivity (Wildman–Crippen MR) is 61.2 cm³/mol. The molecule has 1 rings (SSSR count). The van der Waals surface area contributed by atoms with Gasteiger partial charge in [0.1, 0.15) is 0 Å². The molecule has 0 N–H and O–H groups in total. The summed E-state index contributed by atoms with van der Waals surface area (Å²) in [5, 5.41) is 0. The van der Waals surface area contributed by atoms with Crippen molar-refractivity contribution in [2.75, 3.05) is 19.7 Å². The molecule has 0 unspecified atom stereocenters. The number of ether oxygens (including phenoxy) is 1. The summed E-state index contributed by atoms with van der Waals surface area (Å²) in [4.78, 5) is 23.5. The number of esters is 1. The van der Waals surface area contributed by atoms with E-state index in [4.69, 9.17) is 4.74 Å². The average molecular weight is 281 g/mol. The highest BCUT2D eigenvalue weighted by Gasteiger charge is 2.44. The fourth-order valence-electron chi connectivity index (χ4n) is 1.90. The van der Waals surface area contributed by atoms with E-state index in [1.165, 1.54) is 0 Å². The third-order valence-electron chi connectivity index (χ3n) is 2.84. The number of likely N-dealkylation sites (tertiary alicyclic amines) is 1. The van der Waals surface area contributed by atoms with Crippen LogP contribution in [0.1, 0.15) is 26.7 Å². The van der Waals surface area contributed by atoms with E-state index in [9.17, 15) is 22.8 Å². The minimum atomic E-state index is -4.89. The lowest BCUT2D eigenvalue weighted by Crippen LogP contribution is -2.48. The van der Waals surface area contributed by atoms with E-state index >= 15 is 0 Å². The summed E-state index contributed by atoms with van der Waals surface area (Å²) < 4.78 is 41.9. The van der Waals surface area contributed by atoms with Gasteiger partial charge >= 0.3 is 18.1 Å². The molecule has 1 heterocycles. The summed E-state index contributed by atoms with van der Waals surface area (Å²) in [6, 6.07) is 0. The molecule has 0 spiro atoms. The van der Waals surface area contributed by atoms with Crippen LogP contribution in [0.5, 0.6) is 0 Å². The summed E-state index contributed by atoms with van der Waals surface area (Å²) in [5.41, 5.74) is 0. The first-order valence-electron chi connectivity index (χ1n) is 6.24. The maximum atomic E-state index is 12.3. The number of carbonyl (C=O) groups excluding carboxylic acids is 2. The number of nitrogens with zero attached hydrogens (tertiary/aromatic N) is 1. The van der Waals surface area contributed by atoms with Crippen molar-refractivity contribution in [3.63, 3.8) is 0 Å². The van der Waals surface area contributed by atoms with Crippen molar-refractivity contribution < 1.29 is 27.5 Å². The summed E-state index contributed by atoms with van der Waals surface area (Å²) in [6.07, 6.45) is -4.05. The summed E-state index contributed by atoms with van der Waals surface area (Å²) in [7, 11) is 0. The first-order valence-corrected chi connectivity index (χ1v) is 6.24. The van der Waals surface area contributed by atoms with Crippen LogP contribution >= 0.6 is 0 Å². The third-order valence-corrected chi connectivity index (χ3v) is 2.84. The smallest absolute Gasteiger partial charge is 0.465 e. The van der Waals surface area contributed by atoms with Gasteiger partial charge in [-0.3, -0.25) is 9.59 Å². The summed E-state index contributed by atoms with van der Waals surface area (Å²) in [5.74, 6) is -2.89. The second-order valence-corrected chi connectivity index (χ2v) is 5.11. The van der Waals surface area contributed by atoms with E-state index in [2.05, 4.69) is 0 Å². The van der Waals surface area contributed by atoms with Crippen LogP contribution in [-0.2, 0) is 14.3 Å². The van der Waals surface area contributed by atoms with E-state index < -0.39 is 24.0 Å². The Morgan fingerprint density at radius 3 is 2.53 bits per heavy atom. The van der Waals surface area contributed by atoms with Crippen LogP contribution in [0.25, 0.3) is 0 Å². The molecule has 0 aromatic heterocycles. The highest BCUT2D eigenvalue weighted by Crippen LogP contribution is 2.24. The molecule has 0 radical (unpaired) electrons. The van der Waals surface area contributed by atoms with Crippen molar-refractivity contribution >= 4 is 11.9 Å². The van der Waals surface area contributed by atoms with Gasteiger partial charge in [-0.15, -0.1) is 0 Å². The highest BCUT2D eigenvalue weighted by atomic mass is 19.4. The second kappa shape index (κ2) is 6.25. The molecule has 0 aliphatic carbocycles. The molecule has 1 aliphatic heterocycles. The minimum absolute atomic E-state index is 0.0340. The van der Waals surface area contributed by atoms with Gasteiger partial charge in [0.25, 0.3) is 0 Å². The molecule has 0 aromatic carbocycles. The molecule has 19 heavy (non-hydrogen) atoms. The van der Waals surface area contributed by atoms with E-state index in [1.807, 2.05) is 13.8 Å². The van der Waals surface area contributed by atoms with Crippen molar-refractivity contribution in [1.29, 1.82) is 0 Å². The van der Waals surface area contributed by atoms with Crippen molar-refractivity contribution in [2.24, 2.45) is 11.8 Å². The molecule has 1 saturated heterocycles. The number of halogens is 3. The van der Waals surface area contributed by atoms with Crippen LogP contribution in [0.2, 0.25) is 0 Å². The quantitative estimate of drug-likeness (QED) is 0.743. The number of carbonyl (C=O) groups is 2. The van der Waals surface area contributed by atoms with Crippen LogP contribution in [-0.4, -0.2) is 42.6 Å². The SMILES string of the molecule is CC(C)COC(=O)[C@@H]1CCCN(C(=O)C(F)(F)F)C1. The van der Waals surface area contributed by atoms with Gasteiger partial charge < -0.3 is 9.64 Å². The zero-order valence-corrected chi connectivity index (χ0v) is 11.0. The molecule has 110 valence electrons. The van der Waals surface area contributed by atoms with E-state index in [1.54, 1.807) is 0 Å². The van der Waals surface area contributed by atoms with Gasteiger partial charge in [0.15, 0.2) is 0 Å². The zero-order valence-electron chi connectivity index (χ0n) is 11.0. The first-order chi connectivity index (χ1) is 8.71. The molecule has 0 saturated carbocycles. The normalized spacial score (nSPS) is 20.5. The van der Waals surface area contributed by atoms with Crippen LogP contribution in [0.4, 0.5) is 13.2 Å². The summed E-state index contributed by atoms with van der Waals surface area (Å²) in [6.45, 7) is 3.80. The maximum absolute atomic E-state index is 12.3. The van der Waals surface area contributed by atoms with Gasteiger partial charge in [-0.1, -0.05) is 13.8 Å². The number of hydrogen-bond donors (Lipinski definition) is 0. The molecular formula is C12H18F3NO3. The Kier molecular flexibility index (Phi) is 5.20. The highest BCUT2D eigenvalue weighted by molar-refractivity contribution is 5.83. The molecule has 0 aromatic rings. The predicted octanol–water partition coefficient (Wildman–Crippen LogP) is 1.99. The minimum Gasteiger partial charge on any atom is -0.465 e. The molecule has 4 nitrogen and oxygen atoms in total. The standard InChI is InChI=1S/C12H18F3NO3/c1-8(2)7-19-10(17)9-4-3-5-16(6-9)11(18)12(13,14)15/h8-9H,3-7H2,1-2H3/t9-/m1/s1. The Morgan fingerprint density at radius 1 is 1.37 bits per heavy atom. The van der Waals surface area contributed by atoms with E-state index in [-0.39, 0.29) is 25.6 Å². The lowest BCUT2D eigenvalue weighted by atomic mass is 9.98. The largest absolute Gasteiger partial charge is 0.471 e. The fourth-order valence-corrected chi connectivity index (χ4v) is 1.90. The molecular weight excluding hydrogens is 263 g/mol. The van der Waals surface area contributed by atoms with Crippen molar-refractivity contribution in [2.45, 2.75) is 32.9 Å². The third kappa shape index (κ3) is 4.72. The van der Waals surface area contributed by atoms with Gasteiger partial charge in [-0.05, 0) is 18.8 Å². The van der Waals surface area contributed by atoms with Gasteiger partial charge in [-0.25, -0.2) is 0 Å². The molecule has 1 atom stereocenters. The first kappa shape index (κ1) is 15.8. The maximum Gasteiger partial charge on any atom is 0.471 e. The van der Waals surface area contributed by atoms with Gasteiger partial charge in [0, 0.05) is 13.1 Å². The number of piperidine rings is 1. The summed E-state index contributed by atoms with van der Waals surface area (Å²) >= 11 is 0. The van der Waals surface area contributed by atoms with Crippen molar-refractivity contribution in [3.05, 3.63) is 0 Å². The fraction of sp³-hybridized carbons (Fsp3) is 0.833. The van der Waals surface area contributed by atoms with E-state index in [0.717, 1.165) is 0 Å². The van der Waals surface area contributed by atoms with Gasteiger partial charge in [0.05, 0.1) is 12.5 Å². The molecule has 7 heteroatoms. The van der Waals surface area contributed by atoms with Crippen LogP contribution in [0, 0.1) is 11.8 Å². The number of hydrogen-bond acceptors (Lipinski definition) is 3. The number of rotatable bonds is 3. The Bertz CT molecular complexity index is 342. The molecule has 1 fully saturated rings. The lowest BCUT2D eigenvalue weighted by molar-refractivity contribution is -0.188. The Balaban J connectivity index is 2.55. The Hall–Kier alpha value is -1.27. The van der Waals surface area contributed by atoms with Crippen molar-refractivity contribution in [3.8, 4) is 0 Å². The van der Waals surface area contributed by atoms with Crippen LogP contribution in [0.15, 0.2) is 0 Å². The molecule has 1 aliphatic rings. The molecule has 0 bridgehead atoms. The molecule has 1 amide bonds.